The Balaban J connectivity index is 1.49. The molecule has 0 aromatic carbocycles. The van der Waals surface area contributed by atoms with Gasteiger partial charge in [-0.15, -0.1) is 0 Å². The molecule has 4 fully saturated rings. The molecule has 4 saturated heterocycles. The van der Waals surface area contributed by atoms with Gasteiger partial charge in [-0.25, -0.2) is 4.79 Å². The normalized spacial score (nSPS) is 46.8. The highest BCUT2D eigenvalue weighted by Crippen LogP contribution is 2.47. The Labute approximate surface area is 484 Å². The highest BCUT2D eigenvalue weighted by Gasteiger charge is 2.64. The first-order valence-electron chi connectivity index (χ1n) is 28.5. The molecule has 0 aromatic rings. The van der Waals surface area contributed by atoms with Gasteiger partial charge in [-0.2, -0.15) is 0 Å². The summed E-state index contributed by atoms with van der Waals surface area (Å²) in [5.74, 6) is -4.57. The molecule has 0 spiro atoms. The number of rotatable bonds is 16. The van der Waals surface area contributed by atoms with Gasteiger partial charge in [0.2, 0.25) is 5.79 Å². The zero-order chi connectivity index (χ0) is 61.3. The fraction of sp³-hybridized carbons (Fsp3) is 0.783. The highest BCUT2D eigenvalue weighted by atomic mass is 16.7. The largest absolute Gasteiger partial charge is 0.497 e. The number of aliphatic hydroxyl groups excluding tert-OH is 6. The summed E-state index contributed by atoms with van der Waals surface area (Å²) in [5, 5.41) is 92.6. The van der Waals surface area contributed by atoms with Crippen LogP contribution in [-0.4, -0.2) is 223 Å². The highest BCUT2D eigenvalue weighted by molar-refractivity contribution is 5.88. The van der Waals surface area contributed by atoms with Crippen molar-refractivity contribution in [3.63, 3.8) is 0 Å². The van der Waals surface area contributed by atoms with Crippen molar-refractivity contribution >= 4 is 5.97 Å². The number of carbonyl (C=O) groups is 1. The van der Waals surface area contributed by atoms with Crippen molar-refractivity contribution < 1.29 is 107 Å². The van der Waals surface area contributed by atoms with Crippen LogP contribution >= 0.6 is 0 Å². The van der Waals surface area contributed by atoms with Crippen molar-refractivity contribution in [3.05, 3.63) is 70.1 Å². The summed E-state index contributed by atoms with van der Waals surface area (Å²) in [6.45, 7) is 20.8. The Hall–Kier alpha value is -3.05. The van der Waals surface area contributed by atoms with Crippen molar-refractivity contribution in [3.8, 4) is 0 Å². The van der Waals surface area contributed by atoms with Crippen LogP contribution in [0.15, 0.2) is 70.1 Å². The minimum atomic E-state index is -2.43. The van der Waals surface area contributed by atoms with Crippen LogP contribution in [0.5, 0.6) is 0 Å². The summed E-state index contributed by atoms with van der Waals surface area (Å²) in [7, 11) is 7.10. The molecule has 0 aliphatic carbocycles. The Morgan fingerprint density at radius 1 is 0.707 bits per heavy atom. The van der Waals surface area contributed by atoms with E-state index in [0.29, 0.717) is 12.0 Å². The predicted octanol–water partition coefficient (Wildman–Crippen LogP) is 3.87. The minimum absolute atomic E-state index is 0.0638. The number of carbonyl (C=O) groups excluding carboxylic acids is 1. The van der Waals surface area contributed by atoms with Crippen molar-refractivity contribution in [2.75, 3.05) is 42.2 Å². The molecule has 82 heavy (non-hydrogen) atoms. The molecule has 0 aromatic heterocycles. The maximum absolute atomic E-state index is 14.5. The second-order valence-electron chi connectivity index (χ2n) is 23.6. The number of aliphatic hydroxyl groups is 8. The summed E-state index contributed by atoms with van der Waals surface area (Å²) >= 11 is 0. The number of hydrogen-bond donors (Lipinski definition) is 8. The molecule has 470 valence electrons. The SMILES string of the molecule is COCCC[C@H]1O[C@@](O)([C@H](C)C2CC(OC)C(O)/C=C(C)/C=C(C)/C=C(\C)C(O[C@H]3O[C@H](C)[C@@H](OC)[C@H](O)[C@H]3O)C(C)\C=C(C)/C=C(OC)\C=C(/C)C(=O)O2)[C@H](OC)[C@@H](O)[C@]1(C)O[C@H]1C[C@H](O)[C@H](O[C@H]2C[C@@](C)(O)[C@H](O)[C@@H](C)O2)[C@@H](C)O1. The molecule has 5 aliphatic rings. The van der Waals surface area contributed by atoms with Gasteiger partial charge in [0.1, 0.15) is 60.2 Å². The fourth-order valence-corrected chi connectivity index (χ4v) is 12.0. The van der Waals surface area contributed by atoms with Gasteiger partial charge in [-0.1, -0.05) is 54.9 Å². The third kappa shape index (κ3) is 16.7. The second-order valence-corrected chi connectivity index (χ2v) is 23.6. The average molecular weight is 1170 g/mol. The fourth-order valence-electron chi connectivity index (χ4n) is 12.0. The van der Waals surface area contributed by atoms with Crippen LogP contribution in [0.4, 0.5) is 0 Å². The van der Waals surface area contributed by atoms with Gasteiger partial charge in [0.15, 0.2) is 18.9 Å². The topological polar surface area (TPSA) is 299 Å². The molecule has 0 bridgehead atoms. The maximum Gasteiger partial charge on any atom is 0.334 e. The van der Waals surface area contributed by atoms with Crippen LogP contribution in [0.25, 0.3) is 0 Å². The molecular formula is C60H98O22. The van der Waals surface area contributed by atoms with Crippen LogP contribution in [0.2, 0.25) is 0 Å². The molecule has 5 aliphatic heterocycles. The number of hydrogen-bond acceptors (Lipinski definition) is 22. The summed E-state index contributed by atoms with van der Waals surface area (Å²) < 4.78 is 79.0. The Bertz CT molecular complexity index is 2250. The van der Waals surface area contributed by atoms with Crippen LogP contribution in [0.1, 0.15) is 115 Å². The first-order chi connectivity index (χ1) is 38.4. The van der Waals surface area contributed by atoms with E-state index in [1.807, 2.05) is 45.9 Å². The lowest BCUT2D eigenvalue weighted by molar-refractivity contribution is -0.416. The third-order valence-electron chi connectivity index (χ3n) is 16.7. The van der Waals surface area contributed by atoms with Gasteiger partial charge in [-0.3, -0.25) is 0 Å². The van der Waals surface area contributed by atoms with Gasteiger partial charge in [0.25, 0.3) is 0 Å². The number of cyclic esters (lactones) is 1. The minimum Gasteiger partial charge on any atom is -0.497 e. The van der Waals surface area contributed by atoms with E-state index >= 15 is 0 Å². The molecule has 0 radical (unpaired) electrons. The number of esters is 1. The molecule has 0 saturated carbocycles. The molecule has 5 unspecified atom stereocenters. The smallest absolute Gasteiger partial charge is 0.334 e. The molecule has 5 heterocycles. The third-order valence-corrected chi connectivity index (χ3v) is 16.7. The van der Waals surface area contributed by atoms with E-state index in [0.717, 1.165) is 16.7 Å². The zero-order valence-corrected chi connectivity index (χ0v) is 51.1. The van der Waals surface area contributed by atoms with Gasteiger partial charge in [-0.05, 0) is 99.8 Å². The first kappa shape index (κ1) is 69.7. The van der Waals surface area contributed by atoms with Gasteiger partial charge < -0.3 is 102 Å². The van der Waals surface area contributed by atoms with E-state index in [1.54, 1.807) is 53.7 Å². The lowest BCUT2D eigenvalue weighted by Gasteiger charge is -2.57. The second kappa shape index (κ2) is 30.0. The molecule has 22 heteroatoms. The molecule has 22 nitrogen and oxygen atoms in total. The summed E-state index contributed by atoms with van der Waals surface area (Å²) in [6.07, 6.45) is -10.3. The van der Waals surface area contributed by atoms with Crippen LogP contribution in [0, 0.1) is 11.8 Å². The lowest BCUT2D eigenvalue weighted by Crippen LogP contribution is -2.74. The molecule has 24 atom stereocenters. The summed E-state index contributed by atoms with van der Waals surface area (Å²) in [6, 6.07) is 0. The Morgan fingerprint density at radius 3 is 1.95 bits per heavy atom. The van der Waals surface area contributed by atoms with Crippen molar-refractivity contribution in [2.24, 2.45) is 11.8 Å². The summed E-state index contributed by atoms with van der Waals surface area (Å²) in [5.41, 5.74) is -0.215. The lowest BCUT2D eigenvalue weighted by atomic mass is 9.75. The van der Waals surface area contributed by atoms with Crippen LogP contribution in [-0.2, 0) is 66.4 Å². The number of methoxy groups -OCH3 is 5. The Morgan fingerprint density at radius 2 is 1.35 bits per heavy atom. The van der Waals surface area contributed by atoms with Crippen LogP contribution < -0.4 is 0 Å². The van der Waals surface area contributed by atoms with E-state index in [2.05, 4.69) is 0 Å². The standard InChI is InChI=1S/C60H98O22/c1-30-21-31(2)25-41(61)44(72-15)28-43(78-56(67)35(6)26-40(71-14)24-32(3)23-34(5)50(33(4)22-30)80-57-49(64)48(63)52(73-16)38(9)77-57)36(7)60(69)55(74-17)54(66)59(12,45(81-60)19-18-20-70-13)82-46-27-42(62)51(37(8)75-46)79-47-29-58(11,68)53(65)39(10)76-47/h21-26,34,36-39,41-55,57,61-66,68-69H,18-20,27-29H2,1-17H3/b30-21+,31-25+,32-23-,33-22+,35-26+,40-24+/t34?,36-,37-,38-,39-,41?,42+,43?,44?,45-,46+,47+,48-,49-,50?,51-,52-,53-,54-,55-,57-,58-,59-,60+/m1/s1. The Kier molecular flexibility index (Phi) is 25.5. The monoisotopic (exact) mass is 1170 g/mol. The molecule has 5 rings (SSSR count). The average Bonchev–Trinajstić information content (AvgIpc) is 3.40. The van der Waals surface area contributed by atoms with E-state index in [4.69, 9.17) is 61.6 Å². The van der Waals surface area contributed by atoms with E-state index in [1.165, 1.54) is 55.5 Å². The predicted molar refractivity (Wildman–Crippen MR) is 298 cm³/mol. The van der Waals surface area contributed by atoms with Crippen molar-refractivity contribution in [2.45, 2.75) is 249 Å². The molecule has 0 amide bonds. The van der Waals surface area contributed by atoms with Crippen molar-refractivity contribution in [1.29, 1.82) is 0 Å². The summed E-state index contributed by atoms with van der Waals surface area (Å²) in [4.78, 5) is 14.5. The van der Waals surface area contributed by atoms with Gasteiger partial charge in [0.05, 0.1) is 67.5 Å². The molecule has 8 N–H and O–H groups in total. The first-order valence-corrected chi connectivity index (χ1v) is 28.5. The number of ether oxygens (including phenoxy) is 13. The van der Waals surface area contributed by atoms with E-state index < -0.39 is 145 Å². The molecular weight excluding hydrogens is 1070 g/mol. The van der Waals surface area contributed by atoms with E-state index in [9.17, 15) is 45.6 Å². The van der Waals surface area contributed by atoms with Crippen LogP contribution in [0.3, 0.4) is 0 Å². The number of allylic oxidation sites excluding steroid dienone is 7. The maximum atomic E-state index is 14.5. The van der Waals surface area contributed by atoms with Crippen molar-refractivity contribution in [1.82, 2.24) is 0 Å². The van der Waals surface area contributed by atoms with Gasteiger partial charge >= 0.3 is 5.97 Å². The quantitative estimate of drug-likeness (QED) is 0.0804. The van der Waals surface area contributed by atoms with E-state index in [-0.39, 0.29) is 49.5 Å². The van der Waals surface area contributed by atoms with Gasteiger partial charge in [0, 0.05) is 65.8 Å². The zero-order valence-electron chi connectivity index (χ0n) is 51.1.